The average molecular weight is 364 g/mol. The first-order valence-electron chi connectivity index (χ1n) is 7.44. The van der Waals surface area contributed by atoms with E-state index in [1.165, 1.54) is 6.33 Å². The molecule has 2 N–H and O–H groups in total. The van der Waals surface area contributed by atoms with Crippen molar-refractivity contribution in [1.82, 2.24) is 20.5 Å². The van der Waals surface area contributed by atoms with Crippen LogP contribution in [-0.4, -0.2) is 21.1 Å². The zero-order valence-electron chi connectivity index (χ0n) is 13.1. The van der Waals surface area contributed by atoms with E-state index in [-0.39, 0.29) is 12.1 Å². The first-order valence-corrected chi connectivity index (χ1v) is 7.44. The van der Waals surface area contributed by atoms with Crippen LogP contribution in [0.15, 0.2) is 48.8 Å². The zero-order chi connectivity index (χ0) is 18.7. The molecule has 0 spiro atoms. The molecule has 1 heterocycles. The highest BCUT2D eigenvalue weighted by atomic mass is 19.4. The van der Waals surface area contributed by atoms with Gasteiger partial charge in [0.2, 0.25) is 0 Å². The number of nitrogens with one attached hydrogen (secondary N) is 2. The Labute approximate surface area is 145 Å². The number of amides is 1. The number of rotatable bonds is 4. The minimum atomic E-state index is -4.62. The van der Waals surface area contributed by atoms with Gasteiger partial charge in [-0.05, 0) is 24.3 Å². The molecule has 0 saturated carbocycles. The fourth-order valence-corrected chi connectivity index (χ4v) is 2.30. The smallest absolute Gasteiger partial charge is 0.348 e. The predicted octanol–water partition coefficient (Wildman–Crippen LogP) is 3.56. The van der Waals surface area contributed by atoms with Gasteiger partial charge in [-0.25, -0.2) is 9.37 Å². The Hall–Kier alpha value is -3.23. The summed E-state index contributed by atoms with van der Waals surface area (Å²) >= 11 is 0. The van der Waals surface area contributed by atoms with Crippen molar-refractivity contribution >= 4 is 5.91 Å². The van der Waals surface area contributed by atoms with Crippen LogP contribution in [0, 0.1) is 5.82 Å². The van der Waals surface area contributed by atoms with Gasteiger partial charge in [0.05, 0.1) is 5.56 Å². The lowest BCUT2D eigenvalue weighted by Crippen LogP contribution is -2.23. The summed E-state index contributed by atoms with van der Waals surface area (Å²) in [6.45, 7) is -0.241. The largest absolute Gasteiger partial charge is 0.416 e. The molecule has 0 aliphatic rings. The summed E-state index contributed by atoms with van der Waals surface area (Å²) in [4.78, 5) is 16.2. The highest BCUT2D eigenvalue weighted by molar-refractivity contribution is 5.95. The van der Waals surface area contributed by atoms with Gasteiger partial charge in [-0.2, -0.15) is 18.3 Å². The molecule has 0 fully saturated rings. The van der Waals surface area contributed by atoms with Gasteiger partial charge in [-0.3, -0.25) is 9.89 Å². The summed E-state index contributed by atoms with van der Waals surface area (Å²) in [6, 6.07) is 8.68. The molecule has 0 radical (unpaired) electrons. The van der Waals surface area contributed by atoms with E-state index in [9.17, 15) is 22.4 Å². The Balaban J connectivity index is 1.71. The first-order chi connectivity index (χ1) is 12.3. The van der Waals surface area contributed by atoms with Crippen LogP contribution < -0.4 is 5.32 Å². The second-order valence-corrected chi connectivity index (χ2v) is 5.40. The molecule has 9 heteroatoms. The monoisotopic (exact) mass is 364 g/mol. The third-order valence-corrected chi connectivity index (χ3v) is 3.63. The van der Waals surface area contributed by atoms with E-state index in [2.05, 4.69) is 20.5 Å². The Morgan fingerprint density at radius 1 is 1.15 bits per heavy atom. The number of aromatic nitrogens is 3. The molecule has 2 aromatic carbocycles. The van der Waals surface area contributed by atoms with Gasteiger partial charge < -0.3 is 5.32 Å². The molecule has 0 atom stereocenters. The number of carbonyl (C=O) groups is 1. The van der Waals surface area contributed by atoms with Gasteiger partial charge in [-0.15, -0.1) is 0 Å². The van der Waals surface area contributed by atoms with Crippen LogP contribution in [0.3, 0.4) is 0 Å². The Morgan fingerprint density at radius 2 is 1.96 bits per heavy atom. The fourth-order valence-electron chi connectivity index (χ4n) is 2.30. The molecule has 0 aliphatic heterocycles. The maximum Gasteiger partial charge on any atom is 0.416 e. The number of nitrogens with zero attached hydrogens (tertiary/aromatic N) is 2. The van der Waals surface area contributed by atoms with Gasteiger partial charge >= 0.3 is 6.18 Å². The minimum Gasteiger partial charge on any atom is -0.348 e. The van der Waals surface area contributed by atoms with Crippen LogP contribution in [0.2, 0.25) is 0 Å². The van der Waals surface area contributed by atoms with Crippen LogP contribution in [0.5, 0.6) is 0 Å². The number of benzene rings is 2. The van der Waals surface area contributed by atoms with E-state index in [4.69, 9.17) is 0 Å². The molecule has 5 nitrogen and oxygen atoms in total. The topological polar surface area (TPSA) is 70.7 Å². The summed E-state index contributed by atoms with van der Waals surface area (Å²) in [6.07, 6.45) is -3.29. The molecule has 1 aromatic heterocycles. The number of H-pyrrole nitrogens is 1. The average Bonchev–Trinajstić information content (AvgIpc) is 3.14. The van der Waals surface area contributed by atoms with E-state index in [1.54, 1.807) is 24.3 Å². The summed E-state index contributed by atoms with van der Waals surface area (Å²) in [5.74, 6) is -1.05. The van der Waals surface area contributed by atoms with Crippen LogP contribution in [-0.2, 0) is 12.7 Å². The lowest BCUT2D eigenvalue weighted by Gasteiger charge is -2.10. The number of hydrogen-bond acceptors (Lipinski definition) is 3. The number of aromatic amines is 1. The highest BCUT2D eigenvalue weighted by Gasteiger charge is 2.31. The maximum atomic E-state index is 13.8. The van der Waals surface area contributed by atoms with Gasteiger partial charge in [0.25, 0.3) is 5.91 Å². The van der Waals surface area contributed by atoms with Crippen molar-refractivity contribution in [3.8, 4) is 11.4 Å². The molecule has 26 heavy (non-hydrogen) atoms. The summed E-state index contributed by atoms with van der Waals surface area (Å²) in [5, 5.41) is 8.87. The Morgan fingerprint density at radius 3 is 2.62 bits per heavy atom. The van der Waals surface area contributed by atoms with Crippen molar-refractivity contribution in [1.29, 1.82) is 0 Å². The fraction of sp³-hybridized carbons (Fsp3) is 0.118. The summed E-state index contributed by atoms with van der Waals surface area (Å²) < 4.78 is 51.4. The van der Waals surface area contributed by atoms with E-state index in [0.717, 1.165) is 12.1 Å². The Bertz CT molecular complexity index is 923. The molecule has 3 rings (SSSR count). The van der Waals surface area contributed by atoms with Crippen LogP contribution in [0.25, 0.3) is 11.4 Å². The normalized spacial score (nSPS) is 11.4. The molecule has 0 bridgehead atoms. The van der Waals surface area contributed by atoms with Crippen molar-refractivity contribution in [3.63, 3.8) is 0 Å². The minimum absolute atomic E-state index is 0.0438. The lowest BCUT2D eigenvalue weighted by atomic mass is 10.1. The maximum absolute atomic E-state index is 13.8. The molecule has 0 unspecified atom stereocenters. The third kappa shape index (κ3) is 3.88. The van der Waals surface area contributed by atoms with Crippen molar-refractivity contribution in [3.05, 3.63) is 71.3 Å². The van der Waals surface area contributed by atoms with E-state index in [1.807, 2.05) is 0 Å². The molecule has 1 amide bonds. The lowest BCUT2D eigenvalue weighted by molar-refractivity contribution is -0.137. The third-order valence-electron chi connectivity index (χ3n) is 3.63. The van der Waals surface area contributed by atoms with Crippen LogP contribution in [0.4, 0.5) is 17.6 Å². The zero-order valence-corrected chi connectivity index (χ0v) is 13.1. The molecule has 0 saturated heterocycles. The SMILES string of the molecule is O=C(NCc1ccc(C(F)(F)F)cc1F)c1cccc(-c2ncn[nH]2)c1. The standard InChI is InChI=1S/C17H12F4N4O/c18-14-7-13(17(19,20)21)5-4-12(14)8-22-16(26)11-3-1-2-10(6-11)15-23-9-24-25-15/h1-7,9H,8H2,(H,22,26)(H,23,24,25). The number of hydrogen-bond donors (Lipinski definition) is 2. The van der Waals surface area contributed by atoms with Gasteiger partial charge in [0, 0.05) is 23.2 Å². The molecule has 3 aromatic rings. The van der Waals surface area contributed by atoms with E-state index in [0.29, 0.717) is 23.0 Å². The van der Waals surface area contributed by atoms with E-state index >= 15 is 0 Å². The number of alkyl halides is 3. The quantitative estimate of drug-likeness (QED) is 0.696. The van der Waals surface area contributed by atoms with E-state index < -0.39 is 23.5 Å². The summed E-state index contributed by atoms with van der Waals surface area (Å²) in [7, 11) is 0. The van der Waals surface area contributed by atoms with Gasteiger partial charge in [0.15, 0.2) is 5.82 Å². The first kappa shape index (κ1) is 17.6. The Kier molecular flexibility index (Phi) is 4.70. The predicted molar refractivity (Wildman–Crippen MR) is 84.4 cm³/mol. The van der Waals surface area contributed by atoms with Crippen LogP contribution in [0.1, 0.15) is 21.5 Å². The van der Waals surface area contributed by atoms with Gasteiger partial charge in [0.1, 0.15) is 12.1 Å². The van der Waals surface area contributed by atoms with Crippen molar-refractivity contribution in [2.45, 2.75) is 12.7 Å². The second-order valence-electron chi connectivity index (χ2n) is 5.40. The van der Waals surface area contributed by atoms with Gasteiger partial charge in [-0.1, -0.05) is 18.2 Å². The van der Waals surface area contributed by atoms with Crippen LogP contribution >= 0.6 is 0 Å². The molecule has 0 aliphatic carbocycles. The molecule has 134 valence electrons. The van der Waals surface area contributed by atoms with Crippen molar-refractivity contribution in [2.75, 3.05) is 0 Å². The molecular weight excluding hydrogens is 352 g/mol. The number of carbonyl (C=O) groups excluding carboxylic acids is 1. The van der Waals surface area contributed by atoms with Crippen molar-refractivity contribution in [2.24, 2.45) is 0 Å². The van der Waals surface area contributed by atoms with Crippen molar-refractivity contribution < 1.29 is 22.4 Å². The highest BCUT2D eigenvalue weighted by Crippen LogP contribution is 2.30. The molecular formula is C17H12F4N4O. The summed E-state index contributed by atoms with van der Waals surface area (Å²) in [5.41, 5.74) is -0.190. The second kappa shape index (κ2) is 6.95. The number of halogens is 4.